The molecule has 0 radical (unpaired) electrons. The number of carboxylic acid groups (broad SMARTS) is 1. The maximum Gasteiger partial charge on any atom is 0.326 e. The van der Waals surface area contributed by atoms with Gasteiger partial charge in [-0.15, -0.1) is 0 Å². The van der Waals surface area contributed by atoms with Crippen LogP contribution in [0.1, 0.15) is 28.8 Å². The number of amides is 1. The van der Waals surface area contributed by atoms with Gasteiger partial charge in [0.25, 0.3) is 5.91 Å². The van der Waals surface area contributed by atoms with Gasteiger partial charge in [0.2, 0.25) is 0 Å². The van der Waals surface area contributed by atoms with E-state index in [0.717, 1.165) is 18.4 Å². The number of carbonyl (C=O) groups excluding carboxylic acids is 1. The van der Waals surface area contributed by atoms with E-state index in [9.17, 15) is 14.7 Å². The summed E-state index contributed by atoms with van der Waals surface area (Å²) < 4.78 is 5.30. The molecule has 1 aromatic carbocycles. The fourth-order valence-electron chi connectivity index (χ4n) is 2.42. The molecule has 2 rings (SSSR count). The molecule has 5 nitrogen and oxygen atoms in total. The summed E-state index contributed by atoms with van der Waals surface area (Å²) in [6.45, 7) is 2.93. The third-order valence-electron chi connectivity index (χ3n) is 3.50. The predicted octanol–water partition coefficient (Wildman–Crippen LogP) is 1.60. The number of aryl methyl sites for hydroxylation is 1. The third kappa shape index (κ3) is 3.57. The molecule has 1 amide bonds. The van der Waals surface area contributed by atoms with Crippen molar-refractivity contribution in [3.05, 3.63) is 35.4 Å². The van der Waals surface area contributed by atoms with Crippen LogP contribution in [0.4, 0.5) is 0 Å². The van der Waals surface area contributed by atoms with Gasteiger partial charge in [-0.3, -0.25) is 4.79 Å². The van der Waals surface area contributed by atoms with Crippen molar-refractivity contribution in [2.75, 3.05) is 13.2 Å². The first-order valence-corrected chi connectivity index (χ1v) is 6.76. The number of hydrogen-bond donors (Lipinski definition) is 2. The van der Waals surface area contributed by atoms with Crippen molar-refractivity contribution in [1.82, 2.24) is 5.32 Å². The van der Waals surface area contributed by atoms with Crippen LogP contribution in [0.2, 0.25) is 0 Å². The Bertz CT molecular complexity index is 494. The Balaban J connectivity index is 2.07. The highest BCUT2D eigenvalue weighted by atomic mass is 16.5. The molecular formula is C15H19NO4. The van der Waals surface area contributed by atoms with Crippen molar-refractivity contribution >= 4 is 11.9 Å². The second-order valence-electron chi connectivity index (χ2n) is 5.14. The minimum absolute atomic E-state index is 0.171. The molecule has 0 bridgehead atoms. The molecule has 1 fully saturated rings. The highest BCUT2D eigenvalue weighted by Gasteiger charge is 2.31. The first kappa shape index (κ1) is 14.5. The molecule has 0 spiro atoms. The smallest absolute Gasteiger partial charge is 0.326 e. The van der Waals surface area contributed by atoms with Crippen LogP contribution < -0.4 is 5.32 Å². The highest BCUT2D eigenvalue weighted by Crippen LogP contribution is 2.18. The lowest BCUT2D eigenvalue weighted by molar-refractivity contribution is -0.142. The van der Waals surface area contributed by atoms with E-state index in [2.05, 4.69) is 5.32 Å². The molecule has 1 heterocycles. The Morgan fingerprint density at radius 1 is 1.45 bits per heavy atom. The summed E-state index contributed by atoms with van der Waals surface area (Å²) in [5.41, 5.74) is 1.44. The number of carbonyl (C=O) groups is 2. The molecule has 1 aliphatic rings. The molecule has 1 saturated heterocycles. The predicted molar refractivity (Wildman–Crippen MR) is 73.6 cm³/mol. The zero-order chi connectivity index (χ0) is 14.5. The fraction of sp³-hybridized carbons (Fsp3) is 0.467. The number of nitrogens with one attached hydrogen (secondary N) is 1. The molecule has 2 unspecified atom stereocenters. The van der Waals surface area contributed by atoms with Crippen LogP contribution in [0, 0.1) is 12.8 Å². The lowest BCUT2D eigenvalue weighted by Crippen LogP contribution is -2.48. The largest absolute Gasteiger partial charge is 0.480 e. The van der Waals surface area contributed by atoms with E-state index in [-0.39, 0.29) is 11.8 Å². The summed E-state index contributed by atoms with van der Waals surface area (Å²) >= 11 is 0. The average Bonchev–Trinajstić information content (AvgIpc) is 2.45. The molecule has 1 aliphatic heterocycles. The number of hydrogen-bond acceptors (Lipinski definition) is 3. The van der Waals surface area contributed by atoms with Gasteiger partial charge < -0.3 is 15.2 Å². The lowest BCUT2D eigenvalue weighted by Gasteiger charge is -2.28. The maximum atomic E-state index is 12.1. The Labute approximate surface area is 117 Å². The van der Waals surface area contributed by atoms with Gasteiger partial charge in [0.15, 0.2) is 0 Å². The van der Waals surface area contributed by atoms with Crippen LogP contribution in [0.25, 0.3) is 0 Å². The van der Waals surface area contributed by atoms with Crippen LogP contribution in [-0.2, 0) is 9.53 Å². The standard InChI is InChI=1S/C15H19NO4/c1-10-4-2-5-11(8-10)14(17)16-13(15(18)19)12-6-3-7-20-9-12/h2,4-5,8,12-13H,3,6-7,9H2,1H3,(H,16,17)(H,18,19). The lowest BCUT2D eigenvalue weighted by atomic mass is 9.93. The van der Waals surface area contributed by atoms with E-state index in [1.165, 1.54) is 0 Å². The first-order chi connectivity index (χ1) is 9.58. The summed E-state index contributed by atoms with van der Waals surface area (Å²) in [5, 5.41) is 11.9. The van der Waals surface area contributed by atoms with Crippen LogP contribution in [0.15, 0.2) is 24.3 Å². The Morgan fingerprint density at radius 2 is 2.25 bits per heavy atom. The van der Waals surface area contributed by atoms with E-state index in [0.29, 0.717) is 18.8 Å². The zero-order valence-corrected chi connectivity index (χ0v) is 11.5. The SMILES string of the molecule is Cc1cccc(C(=O)NC(C(=O)O)C2CCCOC2)c1. The van der Waals surface area contributed by atoms with Gasteiger partial charge in [0, 0.05) is 18.1 Å². The molecule has 108 valence electrons. The molecule has 5 heteroatoms. The normalized spacial score (nSPS) is 20.1. The first-order valence-electron chi connectivity index (χ1n) is 6.76. The van der Waals surface area contributed by atoms with Crippen LogP contribution in [-0.4, -0.2) is 36.2 Å². The van der Waals surface area contributed by atoms with Gasteiger partial charge in [-0.2, -0.15) is 0 Å². The van der Waals surface area contributed by atoms with Crippen molar-refractivity contribution < 1.29 is 19.4 Å². The summed E-state index contributed by atoms with van der Waals surface area (Å²) in [7, 11) is 0. The van der Waals surface area contributed by atoms with E-state index < -0.39 is 12.0 Å². The minimum Gasteiger partial charge on any atom is -0.480 e. The Kier molecular flexibility index (Phi) is 4.74. The number of benzene rings is 1. The van der Waals surface area contributed by atoms with Crippen molar-refractivity contribution in [1.29, 1.82) is 0 Å². The summed E-state index contributed by atoms with van der Waals surface area (Å²) in [6, 6.07) is 6.19. The van der Waals surface area contributed by atoms with Gasteiger partial charge >= 0.3 is 5.97 Å². The van der Waals surface area contributed by atoms with Gasteiger partial charge in [0.1, 0.15) is 6.04 Å². The van der Waals surface area contributed by atoms with Gasteiger partial charge in [0.05, 0.1) is 6.61 Å². The van der Waals surface area contributed by atoms with Crippen molar-refractivity contribution in [2.45, 2.75) is 25.8 Å². The summed E-state index contributed by atoms with van der Waals surface area (Å²) in [5.74, 6) is -1.54. The Morgan fingerprint density at radius 3 is 2.85 bits per heavy atom. The van der Waals surface area contributed by atoms with E-state index >= 15 is 0 Å². The molecule has 20 heavy (non-hydrogen) atoms. The molecule has 1 aromatic rings. The molecular weight excluding hydrogens is 258 g/mol. The van der Waals surface area contributed by atoms with Crippen LogP contribution >= 0.6 is 0 Å². The highest BCUT2D eigenvalue weighted by molar-refractivity contribution is 5.96. The molecule has 0 aromatic heterocycles. The third-order valence-corrected chi connectivity index (χ3v) is 3.50. The van der Waals surface area contributed by atoms with Crippen molar-refractivity contribution in [3.8, 4) is 0 Å². The van der Waals surface area contributed by atoms with Crippen LogP contribution in [0.3, 0.4) is 0 Å². The monoisotopic (exact) mass is 277 g/mol. The fourth-order valence-corrected chi connectivity index (χ4v) is 2.42. The zero-order valence-electron chi connectivity index (χ0n) is 11.5. The number of carboxylic acids is 1. The molecule has 2 N–H and O–H groups in total. The molecule has 2 atom stereocenters. The minimum atomic E-state index is -1.01. The summed E-state index contributed by atoms with van der Waals surface area (Å²) in [4.78, 5) is 23.5. The average molecular weight is 277 g/mol. The van der Waals surface area contributed by atoms with Gasteiger partial charge in [-0.25, -0.2) is 4.79 Å². The maximum absolute atomic E-state index is 12.1. The Hall–Kier alpha value is -1.88. The molecule has 0 aliphatic carbocycles. The van der Waals surface area contributed by atoms with E-state index in [4.69, 9.17) is 4.74 Å². The number of rotatable bonds is 4. The van der Waals surface area contributed by atoms with Crippen LogP contribution in [0.5, 0.6) is 0 Å². The molecule has 0 saturated carbocycles. The second-order valence-corrected chi connectivity index (χ2v) is 5.14. The van der Waals surface area contributed by atoms with Crippen molar-refractivity contribution in [2.24, 2.45) is 5.92 Å². The second kappa shape index (κ2) is 6.52. The quantitative estimate of drug-likeness (QED) is 0.876. The topological polar surface area (TPSA) is 75.6 Å². The van der Waals surface area contributed by atoms with Gasteiger partial charge in [-0.05, 0) is 31.9 Å². The van der Waals surface area contributed by atoms with Gasteiger partial charge in [-0.1, -0.05) is 17.7 Å². The number of ether oxygens (including phenoxy) is 1. The van der Waals surface area contributed by atoms with Crippen molar-refractivity contribution in [3.63, 3.8) is 0 Å². The van der Waals surface area contributed by atoms with E-state index in [1.54, 1.807) is 18.2 Å². The summed E-state index contributed by atoms with van der Waals surface area (Å²) in [6.07, 6.45) is 1.58. The number of aliphatic carboxylic acids is 1. The van der Waals surface area contributed by atoms with E-state index in [1.807, 2.05) is 13.0 Å².